The molecule has 0 spiro atoms. The van der Waals surface area contributed by atoms with Crippen molar-refractivity contribution in [2.75, 3.05) is 13.7 Å². The fourth-order valence-corrected chi connectivity index (χ4v) is 7.50. The number of phenols is 5. The molecule has 12 N–H and O–H groups in total. The zero-order valence-electron chi connectivity index (χ0n) is 35.0. The first-order chi connectivity index (χ1) is 31.3. The SMILES string of the molecule is COc1cc(/C=C/C(=O)O[C@H]2[C@H](OC[C@H]3O[C@@H](Oc4c(-c5ccc(O)c(O)c5)oc5cc(O)cc(O)c5c4=O)[C@H](O[C@@H]4O[C@@H](C)[C@H](O)[C@@H](O)[C@H]4O)[C@@H](O)[C@H]3O)O[C@@H](C)[C@H](O)[C@H]2O)ccc1O. The van der Waals surface area contributed by atoms with E-state index in [1.54, 1.807) is 0 Å². The Bertz CT molecular complexity index is 2470. The lowest BCUT2D eigenvalue weighted by atomic mass is 9.97. The predicted octanol–water partition coefficient (Wildman–Crippen LogP) is -0.857. The van der Waals surface area contributed by atoms with Gasteiger partial charge in [-0.2, -0.15) is 0 Å². The number of methoxy groups -OCH3 is 1. The zero-order valence-corrected chi connectivity index (χ0v) is 35.0. The maximum absolute atomic E-state index is 14.3. The van der Waals surface area contributed by atoms with Crippen LogP contribution in [0.15, 0.2) is 63.8 Å². The van der Waals surface area contributed by atoms with E-state index in [0.29, 0.717) is 5.56 Å². The molecule has 0 aliphatic carbocycles. The number of aliphatic hydroxyl groups is 7. The Morgan fingerprint density at radius 1 is 0.682 bits per heavy atom. The van der Waals surface area contributed by atoms with E-state index in [0.717, 1.165) is 30.3 Å². The first-order valence-corrected chi connectivity index (χ1v) is 20.2. The molecule has 4 heterocycles. The number of carbonyl (C=O) groups excluding carboxylic acids is 1. The Balaban J connectivity index is 1.21. The van der Waals surface area contributed by atoms with Crippen LogP contribution in [0, 0.1) is 0 Å². The number of fused-ring (bicyclic) bond motifs is 1. The quantitative estimate of drug-likeness (QED) is 0.0467. The minimum Gasteiger partial charge on any atom is -0.508 e. The highest BCUT2D eigenvalue weighted by Gasteiger charge is 2.53. The van der Waals surface area contributed by atoms with E-state index in [1.807, 2.05) is 0 Å². The number of ether oxygens (including phenoxy) is 8. The lowest BCUT2D eigenvalue weighted by molar-refractivity contribution is -0.360. The molecule has 23 heteroatoms. The second kappa shape index (κ2) is 19.6. The Morgan fingerprint density at radius 3 is 2.05 bits per heavy atom. The van der Waals surface area contributed by atoms with Crippen LogP contribution in [0.5, 0.6) is 40.2 Å². The third-order valence-electron chi connectivity index (χ3n) is 11.2. The maximum atomic E-state index is 14.3. The largest absolute Gasteiger partial charge is 0.508 e. The molecule has 15 atom stereocenters. The van der Waals surface area contributed by atoms with E-state index in [4.69, 9.17) is 42.3 Å². The molecule has 4 aromatic rings. The molecule has 66 heavy (non-hydrogen) atoms. The van der Waals surface area contributed by atoms with Crippen molar-refractivity contribution in [2.24, 2.45) is 0 Å². The zero-order chi connectivity index (χ0) is 47.9. The van der Waals surface area contributed by atoms with Gasteiger partial charge in [0.2, 0.25) is 17.5 Å². The Labute approximate surface area is 372 Å². The van der Waals surface area contributed by atoms with Gasteiger partial charge in [0.05, 0.1) is 25.9 Å². The van der Waals surface area contributed by atoms with Gasteiger partial charge in [-0.05, 0) is 55.8 Å². The van der Waals surface area contributed by atoms with Gasteiger partial charge in [-0.1, -0.05) is 6.07 Å². The van der Waals surface area contributed by atoms with Gasteiger partial charge in [0.15, 0.2) is 53.5 Å². The Hall–Kier alpha value is -5.80. The maximum Gasteiger partial charge on any atom is 0.331 e. The first-order valence-electron chi connectivity index (χ1n) is 20.2. The number of rotatable bonds is 12. The van der Waals surface area contributed by atoms with Crippen molar-refractivity contribution < 1.29 is 108 Å². The molecule has 3 saturated heterocycles. The molecular formula is C43H48O23. The van der Waals surface area contributed by atoms with E-state index in [1.165, 1.54) is 51.3 Å². The average Bonchev–Trinajstić information content (AvgIpc) is 3.28. The number of aliphatic hydroxyl groups excluding tert-OH is 7. The molecule has 1 aromatic heterocycles. The van der Waals surface area contributed by atoms with Gasteiger partial charge in [-0.3, -0.25) is 4.79 Å². The number of phenolic OH excluding ortho intramolecular Hbond substituents is 5. The standard InChI is InChI=1S/C43H48O23/c1-15-29(50)33(54)36(57)41(60-15)66-40-35(56)31(52)26(14-59-42-39(34(55)30(51)16(2)61-42)64-27(49)9-5-17-4-7-21(46)24(10-17)58-3)63-43(40)65-38-32(53)28-23(48)12-19(44)13-25(28)62-37(38)18-6-8-20(45)22(47)11-18/h4-13,15-16,26,29-31,33-36,39-48,50-52,54-57H,14H2,1-3H3/b9-5+/t15-,16-,26+,29-,30-,31-,33+,34+,35-,36+,39+,40+,41-,42+,43-/m0/s1. The van der Waals surface area contributed by atoms with Gasteiger partial charge in [-0.15, -0.1) is 0 Å². The number of esters is 1. The highest BCUT2D eigenvalue weighted by molar-refractivity contribution is 5.89. The van der Waals surface area contributed by atoms with Gasteiger partial charge < -0.3 is 104 Å². The highest BCUT2D eigenvalue weighted by atomic mass is 16.8. The molecule has 3 aliphatic rings. The summed E-state index contributed by atoms with van der Waals surface area (Å²) in [6.45, 7) is 1.92. The lowest BCUT2D eigenvalue weighted by Crippen LogP contribution is -2.65. The monoisotopic (exact) mass is 932 g/mol. The summed E-state index contributed by atoms with van der Waals surface area (Å²) in [4.78, 5) is 27.3. The van der Waals surface area contributed by atoms with Crippen molar-refractivity contribution in [1.29, 1.82) is 0 Å². The predicted molar refractivity (Wildman–Crippen MR) is 219 cm³/mol. The molecule has 3 fully saturated rings. The molecule has 3 aromatic carbocycles. The van der Waals surface area contributed by atoms with E-state index in [2.05, 4.69) is 0 Å². The second-order valence-electron chi connectivity index (χ2n) is 15.7. The van der Waals surface area contributed by atoms with Crippen molar-refractivity contribution in [1.82, 2.24) is 0 Å². The van der Waals surface area contributed by atoms with Crippen molar-refractivity contribution in [2.45, 2.75) is 106 Å². The summed E-state index contributed by atoms with van der Waals surface area (Å²) in [5.41, 5.74) is -1.24. The molecule has 0 saturated carbocycles. The summed E-state index contributed by atoms with van der Waals surface area (Å²) >= 11 is 0. The molecule has 3 aliphatic heterocycles. The smallest absolute Gasteiger partial charge is 0.331 e. The topological polar surface area (TPSA) is 364 Å². The third kappa shape index (κ3) is 9.69. The number of hydrogen-bond acceptors (Lipinski definition) is 23. The van der Waals surface area contributed by atoms with Gasteiger partial charge in [0.25, 0.3) is 0 Å². The van der Waals surface area contributed by atoms with Crippen LogP contribution in [0.1, 0.15) is 19.4 Å². The van der Waals surface area contributed by atoms with Gasteiger partial charge in [-0.25, -0.2) is 4.79 Å². The van der Waals surface area contributed by atoms with Crippen LogP contribution in [-0.2, 0) is 33.2 Å². The van der Waals surface area contributed by atoms with Crippen molar-refractivity contribution in [3.8, 4) is 51.6 Å². The molecule has 23 nitrogen and oxygen atoms in total. The van der Waals surface area contributed by atoms with Crippen molar-refractivity contribution in [3.05, 3.63) is 70.4 Å². The Morgan fingerprint density at radius 2 is 1.35 bits per heavy atom. The Kier molecular flexibility index (Phi) is 14.3. The third-order valence-corrected chi connectivity index (χ3v) is 11.2. The van der Waals surface area contributed by atoms with Gasteiger partial charge in [0, 0.05) is 23.8 Å². The lowest BCUT2D eigenvalue weighted by Gasteiger charge is -2.46. The summed E-state index contributed by atoms with van der Waals surface area (Å²) < 4.78 is 51.6. The minimum absolute atomic E-state index is 0.113. The fraction of sp³-hybridized carbons (Fsp3) is 0.442. The summed E-state index contributed by atoms with van der Waals surface area (Å²) in [6.07, 6.45) is -24.0. The van der Waals surface area contributed by atoms with Crippen LogP contribution >= 0.6 is 0 Å². The molecule has 0 amide bonds. The van der Waals surface area contributed by atoms with Crippen LogP contribution in [0.25, 0.3) is 28.4 Å². The van der Waals surface area contributed by atoms with Crippen LogP contribution < -0.4 is 14.9 Å². The molecule has 0 bridgehead atoms. The minimum atomic E-state index is -2.12. The normalized spacial score (nSPS) is 32.6. The summed E-state index contributed by atoms with van der Waals surface area (Å²) in [5, 5.41) is 127. The summed E-state index contributed by atoms with van der Waals surface area (Å²) in [6, 6.07) is 9.23. The molecule has 7 rings (SSSR count). The molecular weight excluding hydrogens is 884 g/mol. The average molecular weight is 933 g/mol. The van der Waals surface area contributed by atoms with Crippen molar-refractivity contribution >= 4 is 23.0 Å². The van der Waals surface area contributed by atoms with Crippen LogP contribution in [-0.4, -0.2) is 173 Å². The number of aromatic hydroxyl groups is 5. The molecule has 0 radical (unpaired) electrons. The van der Waals surface area contributed by atoms with Crippen LogP contribution in [0.4, 0.5) is 0 Å². The van der Waals surface area contributed by atoms with Gasteiger partial charge in [0.1, 0.15) is 71.3 Å². The number of carbonyl (C=O) groups is 1. The summed E-state index contributed by atoms with van der Waals surface area (Å²) in [7, 11) is 1.33. The van der Waals surface area contributed by atoms with E-state index >= 15 is 0 Å². The second-order valence-corrected chi connectivity index (χ2v) is 15.7. The highest BCUT2D eigenvalue weighted by Crippen LogP contribution is 2.40. The van der Waals surface area contributed by atoms with E-state index in [9.17, 15) is 70.9 Å². The molecule has 358 valence electrons. The van der Waals surface area contributed by atoms with Crippen LogP contribution in [0.3, 0.4) is 0 Å². The van der Waals surface area contributed by atoms with E-state index < -0.39 is 150 Å². The van der Waals surface area contributed by atoms with Gasteiger partial charge >= 0.3 is 5.97 Å². The number of benzene rings is 3. The van der Waals surface area contributed by atoms with E-state index in [-0.39, 0.29) is 22.6 Å². The number of hydrogen-bond donors (Lipinski definition) is 12. The molecule has 0 unspecified atom stereocenters. The van der Waals surface area contributed by atoms with Crippen LogP contribution in [0.2, 0.25) is 0 Å². The van der Waals surface area contributed by atoms with Crippen molar-refractivity contribution in [3.63, 3.8) is 0 Å². The summed E-state index contributed by atoms with van der Waals surface area (Å²) in [5.74, 6) is -4.95. The first kappa shape index (κ1) is 48.1. The fourth-order valence-electron chi connectivity index (χ4n) is 7.50.